The zero-order chi connectivity index (χ0) is 45.7. The SMILES string of the molecule is CC[C@H](C)[C@@H](CNC(=O)[C@@H](NC(=O)[C@@H](CNC(=O)O)C(C)C)C(C)C)[C@@H](OC)[C@@H](C=O)N1CCCC1[C@H](OC)C(C)C(=O)NS(=O)(=O)c1ccc(NC(=O)C(F)(F)F)cc1. The Morgan fingerprint density at radius 2 is 1.53 bits per heavy atom. The van der Waals surface area contributed by atoms with Crippen molar-refractivity contribution in [2.24, 2.45) is 35.5 Å². The van der Waals surface area contributed by atoms with Crippen LogP contribution in [0.2, 0.25) is 0 Å². The lowest BCUT2D eigenvalue weighted by Crippen LogP contribution is -2.58. The predicted octanol–water partition coefficient (Wildman–Crippen LogP) is 3.15. The average molecular weight is 879 g/mol. The topological polar surface area (TPSA) is 239 Å². The molecule has 1 aliphatic heterocycles. The Morgan fingerprint density at radius 3 is 2.02 bits per heavy atom. The number of hydrogen-bond donors (Lipinski definition) is 6. The third kappa shape index (κ3) is 14.1. The van der Waals surface area contributed by atoms with Gasteiger partial charge in [0.25, 0.3) is 10.0 Å². The molecule has 1 saturated heterocycles. The Labute approximate surface area is 349 Å². The molecular formula is C39H61F3N6O11S. The number of alkyl halides is 3. The van der Waals surface area contributed by atoms with E-state index in [1.165, 1.54) is 21.1 Å². The van der Waals surface area contributed by atoms with Gasteiger partial charge in [0.2, 0.25) is 17.7 Å². The molecule has 2 rings (SSSR count). The Hall–Kier alpha value is -4.34. The molecule has 1 aromatic rings. The summed E-state index contributed by atoms with van der Waals surface area (Å²) in [7, 11) is -1.73. The van der Waals surface area contributed by atoms with Crippen molar-refractivity contribution in [3.05, 3.63) is 24.3 Å². The number of anilines is 1. The fraction of sp³-hybridized carbons (Fsp3) is 0.692. The van der Waals surface area contributed by atoms with Crippen LogP contribution >= 0.6 is 0 Å². The number of carbonyl (C=O) groups is 6. The van der Waals surface area contributed by atoms with Crippen molar-refractivity contribution in [1.29, 1.82) is 0 Å². The minimum atomic E-state index is -5.16. The van der Waals surface area contributed by atoms with E-state index in [1.807, 2.05) is 23.5 Å². The lowest BCUT2D eigenvalue weighted by Gasteiger charge is -2.42. The molecule has 1 fully saturated rings. The summed E-state index contributed by atoms with van der Waals surface area (Å²) in [5.41, 5.74) is -0.318. The zero-order valence-electron chi connectivity index (χ0n) is 35.5. The van der Waals surface area contributed by atoms with E-state index in [0.717, 1.165) is 30.6 Å². The van der Waals surface area contributed by atoms with Crippen LogP contribution in [0.5, 0.6) is 0 Å². The quantitative estimate of drug-likeness (QED) is 0.0870. The van der Waals surface area contributed by atoms with Gasteiger partial charge in [0.05, 0.1) is 35.0 Å². The number of sulfonamides is 1. The van der Waals surface area contributed by atoms with Crippen LogP contribution in [0.15, 0.2) is 29.2 Å². The molecule has 2 unspecified atom stereocenters. The monoisotopic (exact) mass is 878 g/mol. The summed E-state index contributed by atoms with van der Waals surface area (Å²) in [5, 5.41) is 18.6. The highest BCUT2D eigenvalue weighted by molar-refractivity contribution is 7.90. The van der Waals surface area contributed by atoms with E-state index in [4.69, 9.17) is 14.6 Å². The number of amides is 5. The van der Waals surface area contributed by atoms with Crippen LogP contribution in [0.3, 0.4) is 0 Å². The molecule has 0 saturated carbocycles. The molecule has 5 amide bonds. The number of nitrogens with one attached hydrogen (secondary N) is 5. The molecule has 9 atom stereocenters. The van der Waals surface area contributed by atoms with Crippen molar-refractivity contribution in [2.45, 2.75) is 109 Å². The fourth-order valence-corrected chi connectivity index (χ4v) is 8.46. The van der Waals surface area contributed by atoms with E-state index in [2.05, 4.69) is 16.0 Å². The summed E-state index contributed by atoms with van der Waals surface area (Å²) in [6.45, 7) is 12.7. The van der Waals surface area contributed by atoms with Gasteiger partial charge in [-0.3, -0.25) is 24.1 Å². The molecular weight excluding hydrogens is 818 g/mol. The van der Waals surface area contributed by atoms with Crippen LogP contribution in [-0.2, 0) is 43.5 Å². The number of rotatable bonds is 23. The standard InChI is InChI=1S/C39H61F3N6O11S/c1-10-23(6)28(19-43-36(52)31(22(4)5)46-35(51)27(21(2)3)18-44-38(54)55)33(59-9)30(20-49)48-17-11-12-29(48)32(58-8)24(7)34(50)47-60(56,57)26-15-13-25(14-16-26)45-37(53)39(40,41)42/h13-16,20-24,27-33,44H,10-12,17-19H2,1-9H3,(H,43,52)(H,45,53)(H,46,51)(H,47,50)(H,54,55)/t23-,24?,27-,28+,29?,30+,31-,32+,33+/m0/s1. The molecule has 0 spiro atoms. The van der Waals surface area contributed by atoms with Crippen molar-refractivity contribution >= 4 is 51.7 Å². The van der Waals surface area contributed by atoms with Gasteiger partial charge in [0.1, 0.15) is 12.3 Å². The highest BCUT2D eigenvalue weighted by Crippen LogP contribution is 2.33. The third-order valence-corrected chi connectivity index (χ3v) is 12.5. The fourth-order valence-electron chi connectivity index (χ4n) is 7.39. The molecule has 340 valence electrons. The van der Waals surface area contributed by atoms with Crippen molar-refractivity contribution in [3.8, 4) is 0 Å². The maximum atomic E-state index is 13.7. The Kier molecular flexibility index (Phi) is 19.9. The summed E-state index contributed by atoms with van der Waals surface area (Å²) in [6, 6.07) is 1.31. The van der Waals surface area contributed by atoms with E-state index in [-0.39, 0.29) is 36.5 Å². The molecule has 0 aliphatic carbocycles. The molecule has 1 heterocycles. The molecule has 1 aliphatic rings. The number of hydrogen-bond acceptors (Lipinski definition) is 11. The van der Waals surface area contributed by atoms with Crippen LogP contribution in [0.1, 0.15) is 67.7 Å². The first-order chi connectivity index (χ1) is 27.9. The van der Waals surface area contributed by atoms with Crippen molar-refractivity contribution in [1.82, 2.24) is 25.6 Å². The minimum Gasteiger partial charge on any atom is -0.465 e. The molecule has 60 heavy (non-hydrogen) atoms. The van der Waals surface area contributed by atoms with E-state index in [1.54, 1.807) is 33.0 Å². The lowest BCUT2D eigenvalue weighted by atomic mass is 9.82. The maximum Gasteiger partial charge on any atom is 0.471 e. The molecule has 1 aromatic carbocycles. The second-order valence-corrected chi connectivity index (χ2v) is 17.5. The largest absolute Gasteiger partial charge is 0.471 e. The number of likely N-dealkylation sites (tertiary alicyclic amines) is 1. The number of aldehydes is 1. The number of methoxy groups -OCH3 is 2. The molecule has 0 aromatic heterocycles. The summed E-state index contributed by atoms with van der Waals surface area (Å²) in [6.07, 6.45) is -5.71. The second kappa shape index (κ2) is 23.0. The summed E-state index contributed by atoms with van der Waals surface area (Å²) in [4.78, 5) is 77.2. The van der Waals surface area contributed by atoms with Gasteiger partial charge in [-0.25, -0.2) is 17.9 Å². The van der Waals surface area contributed by atoms with Gasteiger partial charge in [0, 0.05) is 45.0 Å². The summed E-state index contributed by atoms with van der Waals surface area (Å²) >= 11 is 0. The smallest absolute Gasteiger partial charge is 0.465 e. The third-order valence-electron chi connectivity index (χ3n) is 11.1. The lowest BCUT2D eigenvalue weighted by molar-refractivity contribution is -0.167. The summed E-state index contributed by atoms with van der Waals surface area (Å²) < 4.78 is 78.0. The van der Waals surface area contributed by atoms with Gasteiger partial charge >= 0.3 is 18.2 Å². The van der Waals surface area contributed by atoms with E-state index >= 15 is 0 Å². The van der Waals surface area contributed by atoms with Crippen molar-refractivity contribution < 1.29 is 64.9 Å². The second-order valence-electron chi connectivity index (χ2n) is 15.8. The predicted molar refractivity (Wildman–Crippen MR) is 214 cm³/mol. The van der Waals surface area contributed by atoms with Gasteiger partial charge in [0.15, 0.2) is 0 Å². The zero-order valence-corrected chi connectivity index (χ0v) is 36.3. The molecule has 21 heteroatoms. The van der Waals surface area contributed by atoms with Gasteiger partial charge in [-0.15, -0.1) is 0 Å². The van der Waals surface area contributed by atoms with Crippen molar-refractivity contribution in [3.63, 3.8) is 0 Å². The van der Waals surface area contributed by atoms with Gasteiger partial charge in [-0.05, 0) is 61.4 Å². The van der Waals surface area contributed by atoms with Crippen LogP contribution in [-0.4, -0.2) is 125 Å². The normalized spacial score (nSPS) is 18.9. The van der Waals surface area contributed by atoms with Gasteiger partial charge < -0.3 is 40.6 Å². The number of ether oxygens (including phenoxy) is 2. The summed E-state index contributed by atoms with van der Waals surface area (Å²) in [5.74, 6) is -7.09. The first-order valence-electron chi connectivity index (χ1n) is 19.8. The van der Waals surface area contributed by atoms with E-state index in [0.29, 0.717) is 25.8 Å². The Bertz CT molecular complexity index is 1730. The number of carboxylic acid groups (broad SMARTS) is 1. The number of nitrogens with zero attached hydrogens (tertiary/aromatic N) is 1. The molecule has 6 N–H and O–H groups in total. The number of carbonyl (C=O) groups excluding carboxylic acids is 5. The first-order valence-corrected chi connectivity index (χ1v) is 21.3. The highest BCUT2D eigenvalue weighted by atomic mass is 32.2. The van der Waals surface area contributed by atoms with E-state index in [9.17, 15) is 50.4 Å². The first kappa shape index (κ1) is 51.8. The average Bonchev–Trinajstić information content (AvgIpc) is 3.64. The Morgan fingerprint density at radius 1 is 0.917 bits per heavy atom. The maximum absolute atomic E-state index is 13.7. The van der Waals surface area contributed by atoms with Crippen LogP contribution in [0, 0.1) is 35.5 Å². The number of halogens is 3. The molecule has 0 bridgehead atoms. The van der Waals surface area contributed by atoms with Crippen molar-refractivity contribution in [2.75, 3.05) is 39.2 Å². The van der Waals surface area contributed by atoms with Gasteiger partial charge in [-0.1, -0.05) is 54.9 Å². The van der Waals surface area contributed by atoms with Crippen LogP contribution < -0.4 is 26.0 Å². The van der Waals surface area contributed by atoms with Crippen LogP contribution in [0.25, 0.3) is 0 Å². The van der Waals surface area contributed by atoms with Crippen LogP contribution in [0.4, 0.5) is 23.7 Å². The highest BCUT2D eigenvalue weighted by Gasteiger charge is 2.46. The molecule has 0 radical (unpaired) electrons. The molecule has 17 nitrogen and oxygen atoms in total. The van der Waals surface area contributed by atoms with Gasteiger partial charge in [-0.2, -0.15) is 13.2 Å². The number of benzene rings is 1. The minimum absolute atomic E-state index is 0.0581. The Balaban J connectivity index is 2.28. The van der Waals surface area contributed by atoms with E-state index < -0.39 is 98.9 Å².